The van der Waals surface area contributed by atoms with E-state index in [0.717, 1.165) is 37.4 Å². The van der Waals surface area contributed by atoms with Crippen LogP contribution in [0, 0.1) is 17.8 Å². The Morgan fingerprint density at radius 1 is 0.625 bits per heavy atom. The molecule has 2 unspecified atom stereocenters. The van der Waals surface area contributed by atoms with Crippen LogP contribution in [0.3, 0.4) is 0 Å². The van der Waals surface area contributed by atoms with Gasteiger partial charge in [-0.25, -0.2) is 0 Å². The van der Waals surface area contributed by atoms with Gasteiger partial charge < -0.3 is 20.1 Å². The molecule has 4 nitrogen and oxygen atoms in total. The molecule has 0 spiro atoms. The smallest absolute Gasteiger partial charge is 0.0605 e. The van der Waals surface area contributed by atoms with Crippen LogP contribution in [0.25, 0.3) is 0 Å². The van der Waals surface area contributed by atoms with Crippen molar-refractivity contribution in [2.24, 2.45) is 17.8 Å². The standard InChI is InChI=1S/C28H52N2O2/c1-21(2)19-23-6-11-26(12-7-23)32-28-15-18-30-24(20-28)8-3-22-4-9-25(10-5-22)31-27-13-16-29-17-14-27/h21-30H,3-20H2,1-2H3. The molecule has 2 aliphatic heterocycles. The fourth-order valence-electron chi connectivity index (χ4n) is 6.95. The highest BCUT2D eigenvalue weighted by atomic mass is 16.5. The van der Waals surface area contributed by atoms with Crippen LogP contribution in [-0.4, -0.2) is 50.1 Å². The van der Waals surface area contributed by atoms with E-state index in [1.54, 1.807) is 0 Å². The molecule has 0 radical (unpaired) electrons. The van der Waals surface area contributed by atoms with E-state index in [1.165, 1.54) is 96.3 Å². The molecule has 0 bridgehead atoms. The van der Waals surface area contributed by atoms with Crippen molar-refractivity contribution in [1.82, 2.24) is 10.6 Å². The predicted molar refractivity (Wildman–Crippen MR) is 133 cm³/mol. The van der Waals surface area contributed by atoms with Crippen LogP contribution in [0.1, 0.15) is 110 Å². The quantitative estimate of drug-likeness (QED) is 0.465. The van der Waals surface area contributed by atoms with Crippen molar-refractivity contribution in [1.29, 1.82) is 0 Å². The molecule has 2 aliphatic carbocycles. The maximum absolute atomic E-state index is 6.63. The normalized spacial score (nSPS) is 37.6. The predicted octanol–water partition coefficient (Wildman–Crippen LogP) is 5.84. The lowest BCUT2D eigenvalue weighted by Crippen LogP contribution is -2.43. The van der Waals surface area contributed by atoms with E-state index >= 15 is 0 Å². The van der Waals surface area contributed by atoms with E-state index in [9.17, 15) is 0 Å². The van der Waals surface area contributed by atoms with Crippen LogP contribution in [0.4, 0.5) is 0 Å². The van der Waals surface area contributed by atoms with Gasteiger partial charge in [0.05, 0.1) is 24.4 Å². The summed E-state index contributed by atoms with van der Waals surface area (Å²) in [5.41, 5.74) is 0. The van der Waals surface area contributed by atoms with E-state index in [0.29, 0.717) is 30.5 Å². The minimum atomic E-state index is 0.502. The molecule has 4 rings (SSSR count). The third-order valence-corrected chi connectivity index (χ3v) is 8.82. The first-order valence-electron chi connectivity index (χ1n) is 14.4. The Bertz CT molecular complexity index is 506. The highest BCUT2D eigenvalue weighted by Crippen LogP contribution is 2.34. The fourth-order valence-corrected chi connectivity index (χ4v) is 6.95. The summed E-state index contributed by atoms with van der Waals surface area (Å²) in [4.78, 5) is 0. The molecule has 4 heteroatoms. The largest absolute Gasteiger partial charge is 0.375 e. The monoisotopic (exact) mass is 448 g/mol. The lowest BCUT2D eigenvalue weighted by atomic mass is 9.82. The van der Waals surface area contributed by atoms with Gasteiger partial charge >= 0.3 is 0 Å². The number of hydrogen-bond donors (Lipinski definition) is 2. The molecule has 4 fully saturated rings. The van der Waals surface area contributed by atoms with Crippen LogP contribution in [-0.2, 0) is 9.47 Å². The first-order chi connectivity index (χ1) is 15.6. The molecule has 4 aliphatic rings. The summed E-state index contributed by atoms with van der Waals surface area (Å²) in [6.45, 7) is 8.16. The Labute approximate surface area is 198 Å². The molecule has 0 aromatic heterocycles. The molecular weight excluding hydrogens is 396 g/mol. The van der Waals surface area contributed by atoms with E-state index in [2.05, 4.69) is 24.5 Å². The summed E-state index contributed by atoms with van der Waals surface area (Å²) < 4.78 is 13.1. The van der Waals surface area contributed by atoms with Crippen molar-refractivity contribution in [3.63, 3.8) is 0 Å². The van der Waals surface area contributed by atoms with Crippen molar-refractivity contribution >= 4 is 0 Å². The van der Waals surface area contributed by atoms with Crippen molar-refractivity contribution in [3.8, 4) is 0 Å². The Hall–Kier alpha value is -0.160. The third kappa shape index (κ3) is 8.25. The Morgan fingerprint density at radius 2 is 1.19 bits per heavy atom. The molecule has 2 atom stereocenters. The first kappa shape index (κ1) is 24.9. The van der Waals surface area contributed by atoms with Gasteiger partial charge in [0.2, 0.25) is 0 Å². The van der Waals surface area contributed by atoms with Crippen molar-refractivity contribution in [3.05, 3.63) is 0 Å². The highest BCUT2D eigenvalue weighted by Gasteiger charge is 2.29. The fraction of sp³-hybridized carbons (Fsp3) is 1.00. The Morgan fingerprint density at radius 3 is 1.84 bits per heavy atom. The highest BCUT2D eigenvalue weighted by molar-refractivity contribution is 4.83. The summed E-state index contributed by atoms with van der Waals surface area (Å²) in [6.07, 6.45) is 21.8. The van der Waals surface area contributed by atoms with Gasteiger partial charge in [0.15, 0.2) is 0 Å². The Balaban J connectivity index is 1.08. The third-order valence-electron chi connectivity index (χ3n) is 8.82. The van der Waals surface area contributed by atoms with Crippen molar-refractivity contribution in [2.45, 2.75) is 141 Å². The van der Waals surface area contributed by atoms with E-state index in [4.69, 9.17) is 9.47 Å². The van der Waals surface area contributed by atoms with Gasteiger partial charge in [0.1, 0.15) is 0 Å². The van der Waals surface area contributed by atoms with Crippen LogP contribution in [0.5, 0.6) is 0 Å². The van der Waals surface area contributed by atoms with Gasteiger partial charge in [-0.1, -0.05) is 13.8 Å². The Kier molecular flexibility index (Phi) is 10.2. The lowest BCUT2D eigenvalue weighted by molar-refractivity contribution is -0.0567. The van der Waals surface area contributed by atoms with Crippen molar-refractivity contribution in [2.75, 3.05) is 19.6 Å². The molecule has 0 amide bonds. The molecule has 2 heterocycles. The van der Waals surface area contributed by atoms with Gasteiger partial charge in [0.25, 0.3) is 0 Å². The second-order valence-corrected chi connectivity index (χ2v) is 12.0. The summed E-state index contributed by atoms with van der Waals surface area (Å²) >= 11 is 0. The summed E-state index contributed by atoms with van der Waals surface area (Å²) in [5, 5.41) is 7.25. The van der Waals surface area contributed by atoms with Gasteiger partial charge in [-0.3, -0.25) is 0 Å². The molecule has 2 saturated carbocycles. The van der Waals surface area contributed by atoms with Gasteiger partial charge in [-0.05, 0) is 134 Å². The van der Waals surface area contributed by atoms with Gasteiger partial charge in [0, 0.05) is 6.04 Å². The second kappa shape index (κ2) is 13.1. The van der Waals surface area contributed by atoms with Crippen molar-refractivity contribution < 1.29 is 9.47 Å². The minimum absolute atomic E-state index is 0.502. The van der Waals surface area contributed by atoms with Crippen LogP contribution >= 0.6 is 0 Å². The maximum atomic E-state index is 6.63. The zero-order valence-corrected chi connectivity index (χ0v) is 21.2. The molecule has 0 aromatic carbocycles. The first-order valence-corrected chi connectivity index (χ1v) is 14.4. The molecule has 0 aromatic rings. The molecular formula is C28H52N2O2. The average molecular weight is 449 g/mol. The van der Waals surface area contributed by atoms with E-state index < -0.39 is 0 Å². The minimum Gasteiger partial charge on any atom is -0.375 e. The second-order valence-electron chi connectivity index (χ2n) is 12.0. The molecule has 2 N–H and O–H groups in total. The molecule has 32 heavy (non-hydrogen) atoms. The number of nitrogens with one attached hydrogen (secondary N) is 2. The van der Waals surface area contributed by atoms with E-state index in [1.807, 2.05) is 0 Å². The van der Waals surface area contributed by atoms with E-state index in [-0.39, 0.29) is 0 Å². The molecule has 2 saturated heterocycles. The summed E-state index contributed by atoms with van der Waals surface area (Å²) in [5.74, 6) is 2.72. The topological polar surface area (TPSA) is 42.5 Å². The maximum Gasteiger partial charge on any atom is 0.0605 e. The van der Waals surface area contributed by atoms with Crippen LogP contribution in [0.15, 0.2) is 0 Å². The average Bonchev–Trinajstić information content (AvgIpc) is 2.81. The molecule has 186 valence electrons. The SMILES string of the molecule is CC(C)CC1CCC(OC2CCNC(CCC3CCC(OC4CCNCC4)CC3)C2)CC1. The van der Waals surface area contributed by atoms with Gasteiger partial charge in [-0.2, -0.15) is 0 Å². The lowest BCUT2D eigenvalue weighted by Gasteiger charge is -2.37. The number of ether oxygens (including phenoxy) is 2. The zero-order valence-electron chi connectivity index (χ0n) is 21.2. The summed E-state index contributed by atoms with van der Waals surface area (Å²) in [7, 11) is 0. The van der Waals surface area contributed by atoms with Crippen LogP contribution in [0.2, 0.25) is 0 Å². The number of piperidine rings is 2. The number of rotatable bonds is 9. The van der Waals surface area contributed by atoms with Crippen LogP contribution < -0.4 is 10.6 Å². The van der Waals surface area contributed by atoms with Gasteiger partial charge in [-0.15, -0.1) is 0 Å². The number of hydrogen-bond acceptors (Lipinski definition) is 4. The summed E-state index contributed by atoms with van der Waals surface area (Å²) in [6, 6.07) is 0.676. The zero-order chi connectivity index (χ0) is 22.2.